The van der Waals surface area contributed by atoms with Crippen LogP contribution in [0.1, 0.15) is 47.2 Å². The molecular weight excluding hydrogens is 278 g/mol. The molecule has 1 aromatic carbocycles. The first-order valence-corrected chi connectivity index (χ1v) is 6.27. The zero-order valence-corrected chi connectivity index (χ0v) is 12.2. The zero-order valence-electron chi connectivity index (χ0n) is 13.2. The fourth-order valence-corrected chi connectivity index (χ4v) is 2.15. The van der Waals surface area contributed by atoms with Gasteiger partial charge in [0.2, 0.25) is 0 Å². The molecule has 1 unspecified atom stereocenters. The molecule has 2 N–H and O–H groups in total. The number of aromatic nitrogens is 3. The van der Waals surface area contributed by atoms with Gasteiger partial charge in [-0.3, -0.25) is 4.79 Å². The van der Waals surface area contributed by atoms with Crippen LogP contribution in [0.15, 0.2) is 6.07 Å². The van der Waals surface area contributed by atoms with Crippen LogP contribution < -0.4 is 5.73 Å². The maximum Gasteiger partial charge on any atom is 0.271 e. The van der Waals surface area contributed by atoms with Gasteiger partial charge in [0.1, 0.15) is 11.6 Å². The molecule has 1 atom stereocenters. The lowest BCUT2D eigenvalue weighted by molar-refractivity contribution is 0.0995. The second-order valence-electron chi connectivity index (χ2n) is 4.87. The van der Waals surface area contributed by atoms with E-state index in [1.165, 1.54) is 26.8 Å². The van der Waals surface area contributed by atoms with Crippen LogP contribution >= 0.6 is 0 Å². The molecule has 2 rings (SSSR count). The normalized spacial score (nSPS) is 14.7. The van der Waals surface area contributed by atoms with E-state index in [0.29, 0.717) is 5.56 Å². The Bertz CT molecular complexity index is 771. The van der Waals surface area contributed by atoms with Crippen LogP contribution in [0.5, 0.6) is 0 Å². The van der Waals surface area contributed by atoms with Gasteiger partial charge >= 0.3 is 0 Å². The number of halogens is 2. The van der Waals surface area contributed by atoms with Gasteiger partial charge < -0.3 is 5.73 Å². The van der Waals surface area contributed by atoms with E-state index in [1.807, 2.05) is 0 Å². The Morgan fingerprint density at radius 3 is 2.57 bits per heavy atom. The summed E-state index contributed by atoms with van der Waals surface area (Å²) in [5, 5.41) is 7.24. The molecule has 112 valence electrons. The standard InChI is InChI=1S/C14H16F2N4O/c1-6-5-10(15)11(12(16)7(6)2)8(3)20-9(4)13(14(17)21)18-19-20/h5,8H,1-4H3,(H2,17,21)/i8D. The second-order valence-corrected chi connectivity index (χ2v) is 4.87. The molecule has 1 aromatic heterocycles. The summed E-state index contributed by atoms with van der Waals surface area (Å²) < 4.78 is 38.1. The number of hydrogen-bond acceptors (Lipinski definition) is 3. The van der Waals surface area contributed by atoms with Crippen molar-refractivity contribution >= 4 is 5.91 Å². The zero-order chi connectivity index (χ0) is 16.8. The van der Waals surface area contributed by atoms with Gasteiger partial charge in [-0.1, -0.05) is 5.21 Å². The van der Waals surface area contributed by atoms with E-state index in [1.54, 1.807) is 6.92 Å². The monoisotopic (exact) mass is 295 g/mol. The first-order valence-electron chi connectivity index (χ1n) is 6.77. The number of carbonyl (C=O) groups excluding carboxylic acids is 1. The summed E-state index contributed by atoms with van der Waals surface area (Å²) >= 11 is 0. The molecular formula is C14H16F2N4O. The SMILES string of the molecule is [2H]C(C)(c1c(F)cc(C)c(C)c1F)n1nnc(C(N)=O)c1C. The molecule has 0 aliphatic rings. The number of carbonyl (C=O) groups is 1. The van der Waals surface area contributed by atoms with E-state index in [0.717, 1.165) is 4.68 Å². The molecule has 1 heterocycles. The van der Waals surface area contributed by atoms with Crippen molar-refractivity contribution in [3.05, 3.63) is 45.8 Å². The summed E-state index contributed by atoms with van der Waals surface area (Å²) in [4.78, 5) is 11.2. The Balaban J connectivity index is 2.71. The molecule has 0 aliphatic heterocycles. The summed E-state index contributed by atoms with van der Waals surface area (Å²) in [6.45, 7) is 5.82. The largest absolute Gasteiger partial charge is 0.364 e. The lowest BCUT2D eigenvalue weighted by Crippen LogP contribution is -2.17. The first-order chi connectivity index (χ1) is 10.1. The topological polar surface area (TPSA) is 73.8 Å². The average molecular weight is 295 g/mol. The smallest absolute Gasteiger partial charge is 0.271 e. The molecule has 0 aliphatic carbocycles. The molecule has 7 heteroatoms. The van der Waals surface area contributed by atoms with Gasteiger partial charge in [-0.25, -0.2) is 13.5 Å². The van der Waals surface area contributed by atoms with Gasteiger partial charge in [0.25, 0.3) is 5.91 Å². The minimum absolute atomic E-state index is 0.136. The maximum absolute atomic E-state index is 14.5. The van der Waals surface area contributed by atoms with Crippen molar-refractivity contribution < 1.29 is 14.9 Å². The first kappa shape index (κ1) is 13.7. The van der Waals surface area contributed by atoms with Crippen molar-refractivity contribution in [2.75, 3.05) is 0 Å². The summed E-state index contributed by atoms with van der Waals surface area (Å²) in [5.41, 5.74) is 5.42. The predicted octanol–water partition coefficient (Wildman–Crippen LogP) is 2.19. The Morgan fingerprint density at radius 2 is 2.05 bits per heavy atom. The Labute approximate surface area is 122 Å². The van der Waals surface area contributed by atoms with E-state index >= 15 is 0 Å². The second kappa shape index (κ2) is 5.23. The molecule has 5 nitrogen and oxygen atoms in total. The van der Waals surface area contributed by atoms with Gasteiger partial charge in [-0.15, -0.1) is 5.10 Å². The Hall–Kier alpha value is -2.31. The average Bonchev–Trinajstić information content (AvgIpc) is 2.78. The molecule has 21 heavy (non-hydrogen) atoms. The molecule has 0 saturated heterocycles. The van der Waals surface area contributed by atoms with Crippen LogP contribution in [0.3, 0.4) is 0 Å². The fraction of sp³-hybridized carbons (Fsp3) is 0.357. The molecule has 0 bridgehead atoms. The predicted molar refractivity (Wildman–Crippen MR) is 72.9 cm³/mol. The van der Waals surface area contributed by atoms with Crippen LogP contribution in [0.25, 0.3) is 0 Å². The van der Waals surface area contributed by atoms with Crippen LogP contribution in [0, 0.1) is 32.4 Å². The van der Waals surface area contributed by atoms with E-state index in [2.05, 4.69) is 10.3 Å². The highest BCUT2D eigenvalue weighted by atomic mass is 19.1. The number of aryl methyl sites for hydroxylation is 1. The minimum atomic E-state index is -1.92. The Morgan fingerprint density at radius 1 is 1.43 bits per heavy atom. The number of nitrogens with two attached hydrogens (primary N) is 1. The fourth-order valence-electron chi connectivity index (χ4n) is 2.15. The van der Waals surface area contributed by atoms with Crippen LogP contribution in [-0.4, -0.2) is 20.9 Å². The van der Waals surface area contributed by atoms with Crippen LogP contribution in [0.4, 0.5) is 8.78 Å². The van der Waals surface area contributed by atoms with Crippen molar-refractivity contribution in [1.82, 2.24) is 15.0 Å². The van der Waals surface area contributed by atoms with Crippen LogP contribution in [0.2, 0.25) is 0 Å². The number of amides is 1. The van der Waals surface area contributed by atoms with Gasteiger partial charge in [0.05, 0.1) is 13.1 Å². The maximum atomic E-state index is 14.5. The highest BCUT2D eigenvalue weighted by Gasteiger charge is 2.24. The van der Waals surface area contributed by atoms with E-state index < -0.39 is 29.1 Å². The van der Waals surface area contributed by atoms with Crippen molar-refractivity contribution in [2.24, 2.45) is 5.73 Å². The van der Waals surface area contributed by atoms with Crippen molar-refractivity contribution in [2.45, 2.75) is 33.7 Å². The Kier molecular flexibility index (Phi) is 3.40. The summed E-state index contributed by atoms with van der Waals surface area (Å²) in [7, 11) is 0. The molecule has 0 fully saturated rings. The van der Waals surface area contributed by atoms with E-state index in [9.17, 15) is 13.6 Å². The highest BCUT2D eigenvalue weighted by Crippen LogP contribution is 2.28. The summed E-state index contributed by atoms with van der Waals surface area (Å²) in [6.07, 6.45) is 0. The van der Waals surface area contributed by atoms with E-state index in [-0.39, 0.29) is 17.0 Å². The van der Waals surface area contributed by atoms with Crippen molar-refractivity contribution in [3.63, 3.8) is 0 Å². The van der Waals surface area contributed by atoms with Gasteiger partial charge in [-0.2, -0.15) is 0 Å². The number of primary amides is 1. The summed E-state index contributed by atoms with van der Waals surface area (Å²) in [5.74, 6) is -2.49. The van der Waals surface area contributed by atoms with Gasteiger partial charge in [0, 0.05) is 5.56 Å². The third-order valence-electron chi connectivity index (χ3n) is 3.53. The van der Waals surface area contributed by atoms with Crippen molar-refractivity contribution in [3.8, 4) is 0 Å². The molecule has 2 aromatic rings. The lowest BCUT2D eigenvalue weighted by atomic mass is 10.00. The number of hydrogen-bond donors (Lipinski definition) is 1. The number of rotatable bonds is 3. The quantitative estimate of drug-likeness (QED) is 0.943. The number of nitrogens with zero attached hydrogens (tertiary/aromatic N) is 3. The van der Waals surface area contributed by atoms with Crippen LogP contribution in [-0.2, 0) is 0 Å². The molecule has 0 radical (unpaired) electrons. The third kappa shape index (κ3) is 2.39. The van der Waals surface area contributed by atoms with E-state index in [4.69, 9.17) is 7.10 Å². The third-order valence-corrected chi connectivity index (χ3v) is 3.53. The molecule has 1 amide bonds. The number of benzene rings is 1. The van der Waals surface area contributed by atoms with Gasteiger partial charge in [-0.05, 0) is 44.9 Å². The summed E-state index contributed by atoms with van der Waals surface area (Å²) in [6, 6.07) is -0.751. The minimum Gasteiger partial charge on any atom is -0.364 e. The van der Waals surface area contributed by atoms with Crippen molar-refractivity contribution in [1.29, 1.82) is 0 Å². The highest BCUT2D eigenvalue weighted by molar-refractivity contribution is 5.91. The molecule has 0 spiro atoms. The lowest BCUT2D eigenvalue weighted by Gasteiger charge is -2.17. The van der Waals surface area contributed by atoms with Gasteiger partial charge in [0.15, 0.2) is 5.69 Å². The molecule has 0 saturated carbocycles.